The summed E-state index contributed by atoms with van der Waals surface area (Å²) in [5.41, 5.74) is 6.15. The van der Waals surface area contributed by atoms with Gasteiger partial charge in [0.05, 0.1) is 5.25 Å². The monoisotopic (exact) mass is 330 g/mol. The Morgan fingerprint density at radius 1 is 1.09 bits per heavy atom. The lowest BCUT2D eigenvalue weighted by molar-refractivity contribution is -0.121. The molecule has 2 rings (SSSR count). The summed E-state index contributed by atoms with van der Waals surface area (Å²) in [6, 6.07) is 13.8. The number of amides is 2. The van der Waals surface area contributed by atoms with Crippen LogP contribution in [0.4, 0.5) is 0 Å². The minimum absolute atomic E-state index is 0.00716. The third kappa shape index (κ3) is 5.03. The summed E-state index contributed by atoms with van der Waals surface area (Å²) in [5.74, 6) is -0.793. The third-order valence-electron chi connectivity index (χ3n) is 3.11. The van der Waals surface area contributed by atoms with Gasteiger partial charge in [0, 0.05) is 10.5 Å². The molecular formula is C17H18N2O3S. The van der Waals surface area contributed by atoms with E-state index in [1.165, 1.54) is 23.9 Å². The van der Waals surface area contributed by atoms with Crippen LogP contribution in [0.3, 0.4) is 0 Å². The van der Waals surface area contributed by atoms with Crippen molar-refractivity contribution in [2.45, 2.75) is 24.0 Å². The number of hydrogen-bond donors (Lipinski definition) is 3. The maximum absolute atomic E-state index is 12.0. The van der Waals surface area contributed by atoms with Crippen molar-refractivity contribution in [1.29, 1.82) is 0 Å². The highest BCUT2D eigenvalue weighted by atomic mass is 32.2. The molecule has 2 amide bonds. The van der Waals surface area contributed by atoms with E-state index in [9.17, 15) is 14.7 Å². The molecule has 0 heterocycles. The fourth-order valence-corrected chi connectivity index (χ4v) is 2.68. The van der Waals surface area contributed by atoms with Crippen molar-refractivity contribution in [3.63, 3.8) is 0 Å². The van der Waals surface area contributed by atoms with E-state index >= 15 is 0 Å². The first kappa shape index (κ1) is 16.9. The number of aromatic hydroxyl groups is 1. The topological polar surface area (TPSA) is 78.4 Å². The van der Waals surface area contributed by atoms with Crippen LogP contribution in [0.25, 0.3) is 0 Å². The van der Waals surface area contributed by atoms with E-state index in [1.807, 2.05) is 31.2 Å². The van der Waals surface area contributed by atoms with E-state index in [2.05, 4.69) is 10.9 Å². The van der Waals surface area contributed by atoms with E-state index in [1.54, 1.807) is 19.1 Å². The van der Waals surface area contributed by atoms with E-state index in [4.69, 9.17) is 0 Å². The summed E-state index contributed by atoms with van der Waals surface area (Å²) in [5, 5.41) is 8.98. The first-order chi connectivity index (χ1) is 11.0. The molecule has 0 saturated heterocycles. The molecule has 0 aliphatic carbocycles. The summed E-state index contributed by atoms with van der Waals surface area (Å²) in [7, 11) is 0. The van der Waals surface area contributed by atoms with Gasteiger partial charge in [0.25, 0.3) is 11.8 Å². The first-order valence-electron chi connectivity index (χ1n) is 7.08. The smallest absolute Gasteiger partial charge is 0.269 e. The van der Waals surface area contributed by atoms with Crippen LogP contribution in [-0.4, -0.2) is 22.2 Å². The Kier molecular flexibility index (Phi) is 5.65. The number of nitrogens with one attached hydrogen (secondary N) is 2. The number of phenols is 1. The maximum Gasteiger partial charge on any atom is 0.269 e. The fourth-order valence-electron chi connectivity index (χ4n) is 1.81. The predicted octanol–water partition coefficient (Wildman–Crippen LogP) is 2.64. The number of rotatable bonds is 4. The predicted molar refractivity (Wildman–Crippen MR) is 90.2 cm³/mol. The van der Waals surface area contributed by atoms with Crippen molar-refractivity contribution in [1.82, 2.24) is 10.9 Å². The van der Waals surface area contributed by atoms with Crippen molar-refractivity contribution in [2.24, 2.45) is 0 Å². The van der Waals surface area contributed by atoms with Crippen LogP contribution in [0.2, 0.25) is 0 Å². The van der Waals surface area contributed by atoms with Gasteiger partial charge in [-0.1, -0.05) is 23.8 Å². The molecule has 0 radical (unpaired) electrons. The van der Waals surface area contributed by atoms with Crippen molar-refractivity contribution < 1.29 is 14.7 Å². The summed E-state index contributed by atoms with van der Waals surface area (Å²) >= 11 is 1.41. The molecule has 0 bridgehead atoms. The van der Waals surface area contributed by atoms with E-state index in [0.717, 1.165) is 10.5 Å². The van der Waals surface area contributed by atoms with E-state index < -0.39 is 5.91 Å². The Hall–Kier alpha value is -2.47. The molecule has 2 aromatic rings. The third-order valence-corrected chi connectivity index (χ3v) is 4.22. The lowest BCUT2D eigenvalue weighted by atomic mass is 10.2. The lowest BCUT2D eigenvalue weighted by Gasteiger charge is -2.13. The molecule has 0 spiro atoms. The Bertz CT molecular complexity index is 701. The van der Waals surface area contributed by atoms with Crippen LogP contribution in [0.5, 0.6) is 5.75 Å². The highest BCUT2D eigenvalue weighted by Crippen LogP contribution is 2.23. The Labute approximate surface area is 139 Å². The summed E-state index contributed by atoms with van der Waals surface area (Å²) in [6.07, 6.45) is 0. The van der Waals surface area contributed by atoms with Crippen LogP contribution >= 0.6 is 11.8 Å². The van der Waals surface area contributed by atoms with Gasteiger partial charge in [-0.3, -0.25) is 20.4 Å². The van der Waals surface area contributed by atoms with Crippen LogP contribution in [0.15, 0.2) is 53.4 Å². The van der Waals surface area contributed by atoms with Gasteiger partial charge in [-0.15, -0.1) is 11.8 Å². The SMILES string of the molecule is Cc1ccc(S[C@@H](C)C(=O)NNC(=O)c2cccc(O)c2)cc1. The molecule has 120 valence electrons. The zero-order valence-corrected chi connectivity index (χ0v) is 13.7. The van der Waals surface area contributed by atoms with Gasteiger partial charge >= 0.3 is 0 Å². The summed E-state index contributed by atoms with van der Waals surface area (Å²) in [6.45, 7) is 3.77. The molecule has 0 aliphatic heterocycles. The Morgan fingerprint density at radius 2 is 1.78 bits per heavy atom. The maximum atomic E-state index is 12.0. The van der Waals surface area contributed by atoms with Gasteiger partial charge in [-0.05, 0) is 44.2 Å². The highest BCUT2D eigenvalue weighted by molar-refractivity contribution is 8.00. The molecule has 2 aromatic carbocycles. The molecule has 6 heteroatoms. The zero-order chi connectivity index (χ0) is 16.8. The molecule has 0 fully saturated rings. The van der Waals surface area contributed by atoms with Crippen molar-refractivity contribution >= 4 is 23.6 Å². The quantitative estimate of drug-likeness (QED) is 0.595. The second kappa shape index (κ2) is 7.69. The molecule has 3 N–H and O–H groups in total. The average Bonchev–Trinajstić information content (AvgIpc) is 2.54. The molecule has 0 unspecified atom stereocenters. The fraction of sp³-hybridized carbons (Fsp3) is 0.176. The van der Waals surface area contributed by atoms with Crippen LogP contribution in [0, 0.1) is 6.92 Å². The number of carbonyl (C=O) groups is 2. The standard InChI is InChI=1S/C17H18N2O3S/c1-11-6-8-15(9-7-11)23-12(2)16(21)18-19-17(22)13-4-3-5-14(20)10-13/h3-10,12,20H,1-2H3,(H,18,21)(H,19,22)/t12-/m0/s1. The number of phenolic OH excluding ortho intramolecular Hbond substituents is 1. The Balaban J connectivity index is 1.86. The number of hydrogen-bond acceptors (Lipinski definition) is 4. The molecule has 1 atom stereocenters. The molecule has 23 heavy (non-hydrogen) atoms. The molecule has 0 saturated carbocycles. The minimum Gasteiger partial charge on any atom is -0.508 e. The van der Waals surface area contributed by atoms with Crippen LogP contribution in [-0.2, 0) is 4.79 Å². The van der Waals surface area contributed by atoms with Crippen molar-refractivity contribution in [3.05, 3.63) is 59.7 Å². The summed E-state index contributed by atoms with van der Waals surface area (Å²) in [4.78, 5) is 24.9. The van der Waals surface area contributed by atoms with Crippen LogP contribution in [0.1, 0.15) is 22.8 Å². The van der Waals surface area contributed by atoms with E-state index in [0.29, 0.717) is 0 Å². The Morgan fingerprint density at radius 3 is 2.43 bits per heavy atom. The highest BCUT2D eigenvalue weighted by Gasteiger charge is 2.15. The molecule has 5 nitrogen and oxygen atoms in total. The van der Waals surface area contributed by atoms with Crippen molar-refractivity contribution in [2.75, 3.05) is 0 Å². The van der Waals surface area contributed by atoms with Gasteiger partial charge < -0.3 is 5.11 Å². The number of hydrazine groups is 1. The van der Waals surface area contributed by atoms with E-state index in [-0.39, 0.29) is 22.5 Å². The van der Waals surface area contributed by atoms with Gasteiger partial charge in [-0.2, -0.15) is 0 Å². The normalized spacial score (nSPS) is 11.6. The second-order valence-electron chi connectivity index (χ2n) is 5.07. The number of carbonyl (C=O) groups excluding carboxylic acids is 2. The lowest BCUT2D eigenvalue weighted by Crippen LogP contribution is -2.44. The first-order valence-corrected chi connectivity index (χ1v) is 7.96. The molecule has 0 aromatic heterocycles. The molecule has 0 aliphatic rings. The van der Waals surface area contributed by atoms with Gasteiger partial charge in [0.1, 0.15) is 5.75 Å². The zero-order valence-electron chi connectivity index (χ0n) is 12.9. The summed E-state index contributed by atoms with van der Waals surface area (Å²) < 4.78 is 0. The largest absolute Gasteiger partial charge is 0.508 e. The van der Waals surface area contributed by atoms with Crippen molar-refractivity contribution in [3.8, 4) is 5.75 Å². The number of aryl methyl sites for hydroxylation is 1. The second-order valence-corrected chi connectivity index (χ2v) is 6.48. The van der Waals surface area contributed by atoms with Crippen LogP contribution < -0.4 is 10.9 Å². The number of benzene rings is 2. The van der Waals surface area contributed by atoms with Gasteiger partial charge in [-0.25, -0.2) is 0 Å². The number of thioether (sulfide) groups is 1. The minimum atomic E-state index is -0.484. The van der Waals surface area contributed by atoms with Gasteiger partial charge in [0.15, 0.2) is 0 Å². The van der Waals surface area contributed by atoms with Gasteiger partial charge in [0.2, 0.25) is 0 Å². The average molecular weight is 330 g/mol. The molecular weight excluding hydrogens is 312 g/mol.